The van der Waals surface area contributed by atoms with Crippen molar-refractivity contribution in [2.24, 2.45) is 5.92 Å². The summed E-state index contributed by atoms with van der Waals surface area (Å²) in [6.07, 6.45) is 0.589. The lowest BCUT2D eigenvalue weighted by atomic mass is 10.1. The zero-order chi connectivity index (χ0) is 14.4. The van der Waals surface area contributed by atoms with Crippen LogP contribution in [-0.4, -0.2) is 38.9 Å². The van der Waals surface area contributed by atoms with Gasteiger partial charge in [-0.25, -0.2) is 0 Å². The third-order valence-electron chi connectivity index (χ3n) is 3.14. The molecule has 0 fully saturated rings. The summed E-state index contributed by atoms with van der Waals surface area (Å²) in [7, 11) is 4.78. The third-order valence-corrected chi connectivity index (χ3v) is 3.14. The van der Waals surface area contributed by atoms with Crippen molar-refractivity contribution in [2.45, 2.75) is 13.3 Å². The summed E-state index contributed by atoms with van der Waals surface area (Å²) < 4.78 is 10.4. The second kappa shape index (κ2) is 6.99. The van der Waals surface area contributed by atoms with E-state index in [1.807, 2.05) is 6.92 Å². The van der Waals surface area contributed by atoms with E-state index in [9.17, 15) is 9.90 Å². The van der Waals surface area contributed by atoms with Crippen LogP contribution in [0.3, 0.4) is 0 Å². The third kappa shape index (κ3) is 3.38. The van der Waals surface area contributed by atoms with Crippen LogP contribution in [0.15, 0.2) is 18.2 Å². The van der Waals surface area contributed by atoms with Crippen LogP contribution in [-0.2, 0) is 4.79 Å². The van der Waals surface area contributed by atoms with Crippen molar-refractivity contribution in [3.8, 4) is 11.5 Å². The molecule has 19 heavy (non-hydrogen) atoms. The molecule has 0 spiro atoms. The van der Waals surface area contributed by atoms with E-state index in [1.165, 1.54) is 4.90 Å². The molecule has 0 heterocycles. The van der Waals surface area contributed by atoms with Crippen molar-refractivity contribution in [2.75, 3.05) is 32.8 Å². The van der Waals surface area contributed by atoms with E-state index in [2.05, 4.69) is 0 Å². The Morgan fingerprint density at radius 1 is 1.37 bits per heavy atom. The van der Waals surface area contributed by atoms with Gasteiger partial charge in [-0.05, 0) is 18.6 Å². The standard InChI is InChI=1S/C14H21NO4/c1-5-10(9-16)14(17)15(2)12-8-11(18-3)6-7-13(12)19-4/h6-8,10,16H,5,9H2,1-4H3. The Kier molecular flexibility index (Phi) is 5.63. The Labute approximate surface area is 113 Å². The number of hydrogen-bond acceptors (Lipinski definition) is 4. The topological polar surface area (TPSA) is 59.0 Å². The molecule has 0 aliphatic carbocycles. The Morgan fingerprint density at radius 3 is 2.53 bits per heavy atom. The molecule has 0 saturated carbocycles. The van der Waals surface area contributed by atoms with Crippen LogP contribution in [0.1, 0.15) is 13.3 Å². The first-order chi connectivity index (χ1) is 9.08. The molecule has 0 bridgehead atoms. The minimum atomic E-state index is -0.402. The molecular formula is C14H21NO4. The number of benzene rings is 1. The number of aliphatic hydroxyl groups is 1. The Balaban J connectivity index is 3.09. The molecule has 0 aliphatic rings. The molecule has 5 nitrogen and oxygen atoms in total. The number of amides is 1. The number of aliphatic hydroxyl groups excluding tert-OH is 1. The second-order valence-corrected chi connectivity index (χ2v) is 4.22. The molecule has 1 amide bonds. The summed E-state index contributed by atoms with van der Waals surface area (Å²) >= 11 is 0. The fourth-order valence-corrected chi connectivity index (χ4v) is 1.83. The van der Waals surface area contributed by atoms with Gasteiger partial charge in [0.15, 0.2) is 0 Å². The lowest BCUT2D eigenvalue weighted by molar-refractivity contribution is -0.123. The summed E-state index contributed by atoms with van der Waals surface area (Å²) in [6, 6.07) is 5.25. The molecule has 0 aliphatic heterocycles. The minimum absolute atomic E-state index is 0.142. The summed E-state index contributed by atoms with van der Waals surface area (Å²) in [4.78, 5) is 13.7. The summed E-state index contributed by atoms with van der Waals surface area (Å²) in [5.74, 6) is 0.689. The number of carbonyl (C=O) groups excluding carboxylic acids is 1. The van der Waals surface area contributed by atoms with Crippen LogP contribution in [0.4, 0.5) is 5.69 Å². The molecule has 1 unspecified atom stereocenters. The summed E-state index contributed by atoms with van der Waals surface area (Å²) in [5.41, 5.74) is 0.624. The van der Waals surface area contributed by atoms with Crippen molar-refractivity contribution in [3.63, 3.8) is 0 Å². The molecule has 1 atom stereocenters. The largest absolute Gasteiger partial charge is 0.497 e. The zero-order valence-corrected chi connectivity index (χ0v) is 11.8. The molecule has 5 heteroatoms. The van der Waals surface area contributed by atoms with Crippen molar-refractivity contribution >= 4 is 11.6 Å². The van der Waals surface area contributed by atoms with E-state index in [0.29, 0.717) is 23.6 Å². The lowest BCUT2D eigenvalue weighted by Crippen LogP contribution is -2.34. The molecule has 1 rings (SSSR count). The molecular weight excluding hydrogens is 246 g/mol. The highest BCUT2D eigenvalue weighted by atomic mass is 16.5. The maximum Gasteiger partial charge on any atom is 0.232 e. The molecule has 106 valence electrons. The van der Waals surface area contributed by atoms with Crippen LogP contribution in [0.25, 0.3) is 0 Å². The van der Waals surface area contributed by atoms with Crippen molar-refractivity contribution in [1.82, 2.24) is 0 Å². The normalized spacial score (nSPS) is 11.8. The first-order valence-corrected chi connectivity index (χ1v) is 6.19. The number of nitrogens with zero attached hydrogens (tertiary/aromatic N) is 1. The van der Waals surface area contributed by atoms with E-state index < -0.39 is 5.92 Å². The minimum Gasteiger partial charge on any atom is -0.497 e. The SMILES string of the molecule is CCC(CO)C(=O)N(C)c1cc(OC)ccc1OC. The van der Waals surface area contributed by atoms with Gasteiger partial charge in [-0.2, -0.15) is 0 Å². The van der Waals surface area contributed by atoms with Gasteiger partial charge in [-0.3, -0.25) is 4.79 Å². The molecule has 0 aromatic heterocycles. The lowest BCUT2D eigenvalue weighted by Gasteiger charge is -2.24. The highest BCUT2D eigenvalue weighted by Crippen LogP contribution is 2.32. The average molecular weight is 267 g/mol. The maximum atomic E-state index is 12.2. The number of ether oxygens (including phenoxy) is 2. The second-order valence-electron chi connectivity index (χ2n) is 4.22. The van der Waals surface area contributed by atoms with Crippen molar-refractivity contribution in [3.05, 3.63) is 18.2 Å². The molecule has 0 radical (unpaired) electrons. The van der Waals surface area contributed by atoms with Gasteiger partial charge in [-0.15, -0.1) is 0 Å². The number of hydrogen-bond donors (Lipinski definition) is 1. The smallest absolute Gasteiger partial charge is 0.232 e. The van der Waals surface area contributed by atoms with Crippen molar-refractivity contribution in [1.29, 1.82) is 0 Å². The van der Waals surface area contributed by atoms with Crippen LogP contribution in [0.2, 0.25) is 0 Å². The van der Waals surface area contributed by atoms with E-state index in [4.69, 9.17) is 9.47 Å². The highest BCUT2D eigenvalue weighted by Gasteiger charge is 2.23. The number of anilines is 1. The number of rotatable bonds is 6. The fraction of sp³-hybridized carbons (Fsp3) is 0.500. The zero-order valence-electron chi connectivity index (χ0n) is 11.8. The first-order valence-electron chi connectivity index (χ1n) is 6.19. The van der Waals surface area contributed by atoms with Crippen molar-refractivity contribution < 1.29 is 19.4 Å². The van der Waals surface area contributed by atoms with E-state index in [0.717, 1.165) is 0 Å². The highest BCUT2D eigenvalue weighted by molar-refractivity contribution is 5.96. The predicted molar refractivity (Wildman–Crippen MR) is 73.8 cm³/mol. The Hall–Kier alpha value is -1.75. The van der Waals surface area contributed by atoms with Gasteiger partial charge in [0.1, 0.15) is 11.5 Å². The van der Waals surface area contributed by atoms with Gasteiger partial charge in [0.05, 0.1) is 32.4 Å². The van der Waals surface area contributed by atoms with Crippen LogP contribution in [0, 0.1) is 5.92 Å². The van der Waals surface area contributed by atoms with Gasteiger partial charge in [0.2, 0.25) is 5.91 Å². The first kappa shape index (κ1) is 15.3. The number of carbonyl (C=O) groups is 1. The quantitative estimate of drug-likeness (QED) is 0.852. The van der Waals surface area contributed by atoms with Gasteiger partial charge in [0, 0.05) is 13.1 Å². The molecule has 1 N–H and O–H groups in total. The van der Waals surface area contributed by atoms with E-state index in [-0.39, 0.29) is 12.5 Å². The predicted octanol–water partition coefficient (Wildman–Crippen LogP) is 1.69. The summed E-state index contributed by atoms with van der Waals surface area (Å²) in [5, 5.41) is 9.22. The van der Waals surface area contributed by atoms with E-state index >= 15 is 0 Å². The molecule has 0 saturated heterocycles. The monoisotopic (exact) mass is 267 g/mol. The Bertz CT molecular complexity index is 429. The molecule has 1 aromatic carbocycles. The van der Waals surface area contributed by atoms with Gasteiger partial charge in [-0.1, -0.05) is 6.92 Å². The van der Waals surface area contributed by atoms with Crippen LogP contribution >= 0.6 is 0 Å². The van der Waals surface area contributed by atoms with Gasteiger partial charge >= 0.3 is 0 Å². The fourth-order valence-electron chi connectivity index (χ4n) is 1.83. The van der Waals surface area contributed by atoms with Crippen LogP contribution in [0.5, 0.6) is 11.5 Å². The average Bonchev–Trinajstić information content (AvgIpc) is 2.46. The van der Waals surface area contributed by atoms with Gasteiger partial charge < -0.3 is 19.5 Å². The van der Waals surface area contributed by atoms with Gasteiger partial charge in [0.25, 0.3) is 0 Å². The molecule has 1 aromatic rings. The number of methoxy groups -OCH3 is 2. The van der Waals surface area contributed by atoms with Crippen LogP contribution < -0.4 is 14.4 Å². The maximum absolute atomic E-state index is 12.2. The van der Waals surface area contributed by atoms with E-state index in [1.54, 1.807) is 39.5 Å². The summed E-state index contributed by atoms with van der Waals surface area (Å²) in [6.45, 7) is 1.71. The Morgan fingerprint density at radius 2 is 2.05 bits per heavy atom.